The monoisotopic (exact) mass is 303 g/mol. The van der Waals surface area contributed by atoms with E-state index in [2.05, 4.69) is 11.9 Å². The minimum atomic E-state index is -0.142. The number of benzene rings is 1. The lowest BCUT2D eigenvalue weighted by Gasteiger charge is -2.11. The van der Waals surface area contributed by atoms with Crippen LogP contribution in [0.5, 0.6) is 11.5 Å². The van der Waals surface area contributed by atoms with E-state index >= 15 is 0 Å². The fourth-order valence-corrected chi connectivity index (χ4v) is 2.40. The standard InChI is InChI=1S/C16H17NO3S/c1-3-8-20-14-7-6-12(10-15(14)19-2)16(18)17-11-13-5-4-9-21-13/h3-7,9-10H,1,8,11H2,2H3,(H,17,18). The molecule has 0 aliphatic rings. The van der Waals surface area contributed by atoms with Crippen molar-refractivity contribution < 1.29 is 14.3 Å². The fraction of sp³-hybridized carbons (Fsp3) is 0.188. The summed E-state index contributed by atoms with van der Waals surface area (Å²) in [4.78, 5) is 13.2. The van der Waals surface area contributed by atoms with Crippen LogP contribution < -0.4 is 14.8 Å². The molecule has 110 valence electrons. The Hall–Kier alpha value is -2.27. The number of carbonyl (C=O) groups excluding carboxylic acids is 1. The van der Waals surface area contributed by atoms with E-state index in [1.807, 2.05) is 17.5 Å². The highest BCUT2D eigenvalue weighted by Crippen LogP contribution is 2.28. The molecule has 4 nitrogen and oxygen atoms in total. The Balaban J connectivity index is 2.04. The lowest BCUT2D eigenvalue weighted by atomic mass is 10.2. The molecule has 1 heterocycles. The van der Waals surface area contributed by atoms with Gasteiger partial charge < -0.3 is 14.8 Å². The highest BCUT2D eigenvalue weighted by atomic mass is 32.1. The Morgan fingerprint density at radius 2 is 2.24 bits per heavy atom. The van der Waals surface area contributed by atoms with Crippen molar-refractivity contribution in [3.8, 4) is 11.5 Å². The Bertz CT molecular complexity index is 608. The van der Waals surface area contributed by atoms with Crippen LogP contribution in [-0.4, -0.2) is 19.6 Å². The number of carbonyl (C=O) groups is 1. The van der Waals surface area contributed by atoms with Gasteiger partial charge in [0.1, 0.15) is 6.61 Å². The van der Waals surface area contributed by atoms with Crippen LogP contribution in [0.15, 0.2) is 48.4 Å². The number of amides is 1. The first-order valence-corrected chi connectivity index (χ1v) is 7.35. The maximum absolute atomic E-state index is 12.1. The summed E-state index contributed by atoms with van der Waals surface area (Å²) < 4.78 is 10.7. The average Bonchev–Trinajstić information content (AvgIpc) is 3.03. The van der Waals surface area contributed by atoms with Gasteiger partial charge in [0.15, 0.2) is 11.5 Å². The SMILES string of the molecule is C=CCOc1ccc(C(=O)NCc2cccs2)cc1OC. The third-order valence-corrected chi connectivity index (χ3v) is 3.66. The molecule has 0 fully saturated rings. The summed E-state index contributed by atoms with van der Waals surface area (Å²) >= 11 is 1.61. The van der Waals surface area contributed by atoms with Crippen molar-refractivity contribution in [3.63, 3.8) is 0 Å². The first-order chi connectivity index (χ1) is 10.2. The summed E-state index contributed by atoms with van der Waals surface area (Å²) in [5, 5.41) is 4.86. The predicted molar refractivity (Wildman–Crippen MR) is 84.2 cm³/mol. The van der Waals surface area contributed by atoms with Crippen molar-refractivity contribution in [2.24, 2.45) is 0 Å². The lowest BCUT2D eigenvalue weighted by molar-refractivity contribution is 0.0951. The van der Waals surface area contributed by atoms with Gasteiger partial charge in [-0.25, -0.2) is 0 Å². The first kappa shape index (κ1) is 15.1. The van der Waals surface area contributed by atoms with Crippen molar-refractivity contribution in [1.29, 1.82) is 0 Å². The van der Waals surface area contributed by atoms with Crippen molar-refractivity contribution in [3.05, 3.63) is 58.8 Å². The molecule has 0 aliphatic carbocycles. The molecule has 0 saturated heterocycles. The van der Waals surface area contributed by atoms with Gasteiger partial charge >= 0.3 is 0 Å². The Labute approximate surface area is 128 Å². The first-order valence-electron chi connectivity index (χ1n) is 6.47. The van der Waals surface area contributed by atoms with Gasteiger partial charge in [0.2, 0.25) is 0 Å². The van der Waals surface area contributed by atoms with Gasteiger partial charge in [0, 0.05) is 10.4 Å². The predicted octanol–water partition coefficient (Wildman–Crippen LogP) is 3.25. The molecule has 0 aliphatic heterocycles. The van der Waals surface area contributed by atoms with E-state index in [-0.39, 0.29) is 5.91 Å². The molecule has 0 saturated carbocycles. The van der Waals surface area contributed by atoms with E-state index in [0.717, 1.165) is 4.88 Å². The van der Waals surface area contributed by atoms with Crippen molar-refractivity contribution in [2.45, 2.75) is 6.54 Å². The molecule has 1 N–H and O–H groups in total. The molecule has 0 unspecified atom stereocenters. The number of rotatable bonds is 7. The molecular weight excluding hydrogens is 286 g/mol. The van der Waals surface area contributed by atoms with Gasteiger partial charge in [-0.05, 0) is 29.6 Å². The average molecular weight is 303 g/mol. The van der Waals surface area contributed by atoms with E-state index < -0.39 is 0 Å². The summed E-state index contributed by atoms with van der Waals surface area (Å²) in [5.41, 5.74) is 0.536. The zero-order chi connectivity index (χ0) is 15.1. The molecule has 1 aromatic carbocycles. The van der Waals surface area contributed by atoms with Gasteiger partial charge in [-0.3, -0.25) is 4.79 Å². The van der Waals surface area contributed by atoms with Crippen LogP contribution in [0.25, 0.3) is 0 Å². The second-order valence-corrected chi connectivity index (χ2v) is 5.26. The minimum Gasteiger partial charge on any atom is -0.493 e. The second-order valence-electron chi connectivity index (χ2n) is 4.23. The number of hydrogen-bond acceptors (Lipinski definition) is 4. The third-order valence-electron chi connectivity index (χ3n) is 2.79. The Morgan fingerprint density at radius 1 is 1.38 bits per heavy atom. The third kappa shape index (κ3) is 4.10. The number of thiophene rings is 1. The van der Waals surface area contributed by atoms with Gasteiger partial charge in [0.25, 0.3) is 5.91 Å². The van der Waals surface area contributed by atoms with Crippen molar-refractivity contribution in [1.82, 2.24) is 5.32 Å². The van der Waals surface area contributed by atoms with Crippen LogP contribution >= 0.6 is 11.3 Å². The normalized spacial score (nSPS) is 9.95. The lowest BCUT2D eigenvalue weighted by Crippen LogP contribution is -2.22. The smallest absolute Gasteiger partial charge is 0.251 e. The fourth-order valence-electron chi connectivity index (χ4n) is 1.76. The topological polar surface area (TPSA) is 47.6 Å². The zero-order valence-corrected chi connectivity index (χ0v) is 12.6. The molecule has 0 atom stereocenters. The van der Waals surface area contributed by atoms with Gasteiger partial charge in [-0.1, -0.05) is 18.7 Å². The van der Waals surface area contributed by atoms with Crippen LogP contribution in [0.4, 0.5) is 0 Å². The van der Waals surface area contributed by atoms with Crippen LogP contribution in [-0.2, 0) is 6.54 Å². The quantitative estimate of drug-likeness (QED) is 0.799. The van der Waals surface area contributed by atoms with Gasteiger partial charge in [-0.15, -0.1) is 11.3 Å². The maximum Gasteiger partial charge on any atom is 0.251 e. The van der Waals surface area contributed by atoms with Gasteiger partial charge in [-0.2, -0.15) is 0 Å². The van der Waals surface area contributed by atoms with Crippen LogP contribution in [0, 0.1) is 0 Å². The van der Waals surface area contributed by atoms with Crippen LogP contribution in [0.2, 0.25) is 0 Å². The molecule has 0 spiro atoms. The largest absolute Gasteiger partial charge is 0.493 e. The summed E-state index contributed by atoms with van der Waals surface area (Å²) in [7, 11) is 1.55. The summed E-state index contributed by atoms with van der Waals surface area (Å²) in [6.07, 6.45) is 1.65. The summed E-state index contributed by atoms with van der Waals surface area (Å²) in [6.45, 7) is 4.51. The van der Waals surface area contributed by atoms with Crippen molar-refractivity contribution in [2.75, 3.05) is 13.7 Å². The highest BCUT2D eigenvalue weighted by Gasteiger charge is 2.11. The number of hydrogen-bond donors (Lipinski definition) is 1. The minimum absolute atomic E-state index is 0.142. The molecule has 2 rings (SSSR count). The van der Waals surface area contributed by atoms with Gasteiger partial charge in [0.05, 0.1) is 13.7 Å². The zero-order valence-electron chi connectivity index (χ0n) is 11.8. The number of ether oxygens (including phenoxy) is 2. The number of methoxy groups -OCH3 is 1. The van der Waals surface area contributed by atoms with Crippen molar-refractivity contribution >= 4 is 17.2 Å². The molecule has 1 amide bonds. The maximum atomic E-state index is 12.1. The number of nitrogens with one attached hydrogen (secondary N) is 1. The van der Waals surface area contributed by atoms with Crippen LogP contribution in [0.3, 0.4) is 0 Å². The Morgan fingerprint density at radius 3 is 2.90 bits per heavy atom. The molecule has 21 heavy (non-hydrogen) atoms. The Kier molecular flexibility index (Phi) is 5.40. The van der Waals surface area contributed by atoms with E-state index in [0.29, 0.717) is 30.2 Å². The van der Waals surface area contributed by atoms with E-state index in [4.69, 9.17) is 9.47 Å². The molecule has 5 heteroatoms. The molecule has 0 bridgehead atoms. The highest BCUT2D eigenvalue weighted by molar-refractivity contribution is 7.09. The summed E-state index contributed by atoms with van der Waals surface area (Å²) in [5.74, 6) is 0.977. The molecular formula is C16H17NO3S. The summed E-state index contributed by atoms with van der Waals surface area (Å²) in [6, 6.07) is 9.05. The van der Waals surface area contributed by atoms with E-state index in [9.17, 15) is 4.79 Å². The second kappa shape index (κ2) is 7.50. The molecule has 2 aromatic rings. The van der Waals surface area contributed by atoms with E-state index in [1.165, 1.54) is 0 Å². The van der Waals surface area contributed by atoms with E-state index in [1.54, 1.807) is 42.7 Å². The molecule has 0 radical (unpaired) electrons. The van der Waals surface area contributed by atoms with Crippen LogP contribution in [0.1, 0.15) is 15.2 Å². The molecule has 1 aromatic heterocycles.